The lowest BCUT2D eigenvalue weighted by molar-refractivity contribution is -0.384. The minimum absolute atomic E-state index is 0.0383. The molecule has 0 bridgehead atoms. The summed E-state index contributed by atoms with van der Waals surface area (Å²) in [5.41, 5.74) is 1.16. The topological polar surface area (TPSA) is 113 Å². The average molecular weight is 472 g/mol. The molecule has 32 heavy (non-hydrogen) atoms. The lowest BCUT2D eigenvalue weighted by Crippen LogP contribution is -2.29. The fourth-order valence-corrected chi connectivity index (χ4v) is 4.38. The second-order valence-corrected chi connectivity index (χ2v) is 8.77. The Morgan fingerprint density at radius 2 is 1.94 bits per heavy atom. The maximum Gasteiger partial charge on any atom is 0.270 e. The molecule has 0 radical (unpaired) electrons. The van der Waals surface area contributed by atoms with E-state index in [0.717, 1.165) is 6.42 Å². The standard InChI is InChI=1S/C22H21N3O5S2/c26-18-10-8-16(9-11-18)23-20(27)7-2-1-3-12-24-21(28)19(32-22(24)31)14-15-5-4-6-17(13-15)25(29)30/h4-6,8-11,13-14,26H,1-3,7,12H2,(H,23,27)/b19-14-. The highest BCUT2D eigenvalue weighted by atomic mass is 32.2. The molecule has 0 aliphatic carbocycles. The molecule has 0 saturated carbocycles. The number of nitrogens with zero attached hydrogens (tertiary/aromatic N) is 2. The van der Waals surface area contributed by atoms with Crippen LogP contribution < -0.4 is 5.32 Å². The summed E-state index contributed by atoms with van der Waals surface area (Å²) >= 11 is 6.50. The average Bonchev–Trinajstić information content (AvgIpc) is 3.02. The Labute approximate surface area is 194 Å². The number of anilines is 1. The number of nitrogens with one attached hydrogen (secondary N) is 1. The van der Waals surface area contributed by atoms with Crippen molar-refractivity contribution in [3.8, 4) is 5.75 Å². The number of aromatic hydroxyl groups is 1. The van der Waals surface area contributed by atoms with Gasteiger partial charge in [0.25, 0.3) is 11.6 Å². The minimum Gasteiger partial charge on any atom is -0.508 e. The summed E-state index contributed by atoms with van der Waals surface area (Å²) in [5, 5.41) is 23.0. The van der Waals surface area contributed by atoms with E-state index in [0.29, 0.717) is 46.3 Å². The number of non-ortho nitro benzene ring substituents is 1. The van der Waals surface area contributed by atoms with E-state index in [4.69, 9.17) is 12.2 Å². The molecule has 0 spiro atoms. The number of amides is 2. The van der Waals surface area contributed by atoms with Crippen LogP contribution in [0.25, 0.3) is 6.08 Å². The number of nitro groups is 1. The summed E-state index contributed by atoms with van der Waals surface area (Å²) in [7, 11) is 0. The number of hydrogen-bond donors (Lipinski definition) is 2. The Balaban J connectivity index is 1.44. The van der Waals surface area contributed by atoms with Crippen LogP contribution in [0.15, 0.2) is 53.4 Å². The molecule has 3 rings (SSSR count). The van der Waals surface area contributed by atoms with Crippen molar-refractivity contribution in [1.29, 1.82) is 0 Å². The maximum atomic E-state index is 12.7. The fourth-order valence-electron chi connectivity index (χ4n) is 3.07. The Bertz CT molecular complexity index is 1070. The number of phenols is 1. The van der Waals surface area contributed by atoms with Crippen LogP contribution in [-0.4, -0.2) is 37.6 Å². The molecular weight excluding hydrogens is 450 g/mol. The predicted molar refractivity (Wildman–Crippen MR) is 128 cm³/mol. The number of nitro benzene ring substituents is 1. The van der Waals surface area contributed by atoms with Crippen LogP contribution in [0.1, 0.15) is 31.2 Å². The maximum absolute atomic E-state index is 12.7. The first-order valence-corrected chi connectivity index (χ1v) is 11.1. The molecule has 1 saturated heterocycles. The predicted octanol–water partition coefficient (Wildman–Crippen LogP) is 4.70. The smallest absolute Gasteiger partial charge is 0.270 e. The lowest BCUT2D eigenvalue weighted by Gasteiger charge is -2.14. The molecule has 1 aliphatic heterocycles. The van der Waals surface area contributed by atoms with Crippen molar-refractivity contribution in [2.24, 2.45) is 0 Å². The third-order valence-corrected chi connectivity index (χ3v) is 6.07. The van der Waals surface area contributed by atoms with Crippen molar-refractivity contribution in [2.75, 3.05) is 11.9 Å². The van der Waals surface area contributed by atoms with Crippen LogP contribution in [0.3, 0.4) is 0 Å². The number of unbranched alkanes of at least 4 members (excludes halogenated alkanes) is 2. The molecule has 0 atom stereocenters. The van der Waals surface area contributed by atoms with E-state index < -0.39 is 4.92 Å². The van der Waals surface area contributed by atoms with Crippen LogP contribution in [0, 0.1) is 10.1 Å². The third-order valence-electron chi connectivity index (χ3n) is 4.69. The number of thioether (sulfide) groups is 1. The molecule has 0 aromatic heterocycles. The van der Waals surface area contributed by atoms with Crippen molar-refractivity contribution >= 4 is 57.6 Å². The first-order chi connectivity index (χ1) is 15.3. The van der Waals surface area contributed by atoms with E-state index >= 15 is 0 Å². The van der Waals surface area contributed by atoms with Crippen molar-refractivity contribution in [3.05, 3.63) is 69.1 Å². The molecule has 2 N–H and O–H groups in total. The number of rotatable bonds is 9. The zero-order valence-corrected chi connectivity index (χ0v) is 18.7. The molecule has 10 heteroatoms. The zero-order chi connectivity index (χ0) is 23.1. The lowest BCUT2D eigenvalue weighted by atomic mass is 10.1. The van der Waals surface area contributed by atoms with Gasteiger partial charge in [-0.15, -0.1) is 0 Å². The van der Waals surface area contributed by atoms with Gasteiger partial charge in [0, 0.05) is 30.8 Å². The van der Waals surface area contributed by atoms with E-state index in [1.807, 2.05) is 0 Å². The molecule has 166 valence electrons. The minimum atomic E-state index is -0.479. The molecule has 2 aromatic carbocycles. The van der Waals surface area contributed by atoms with Crippen molar-refractivity contribution < 1.29 is 19.6 Å². The molecule has 1 fully saturated rings. The van der Waals surface area contributed by atoms with Gasteiger partial charge in [-0.1, -0.05) is 42.5 Å². The number of phenolic OH excluding ortho intramolecular Hbond substituents is 1. The number of hydrogen-bond acceptors (Lipinski definition) is 7. The summed E-state index contributed by atoms with van der Waals surface area (Å²) in [6.45, 7) is 0.455. The molecule has 0 unspecified atom stereocenters. The van der Waals surface area contributed by atoms with Crippen molar-refractivity contribution in [2.45, 2.75) is 25.7 Å². The highest BCUT2D eigenvalue weighted by Gasteiger charge is 2.31. The van der Waals surface area contributed by atoms with Gasteiger partial charge in [0.1, 0.15) is 10.1 Å². The molecule has 8 nitrogen and oxygen atoms in total. The Morgan fingerprint density at radius 3 is 2.66 bits per heavy atom. The molecule has 2 amide bonds. The van der Waals surface area contributed by atoms with E-state index in [1.165, 1.54) is 40.9 Å². The van der Waals surface area contributed by atoms with E-state index in [1.54, 1.807) is 30.3 Å². The largest absolute Gasteiger partial charge is 0.508 e. The Kier molecular flexibility index (Phi) is 7.96. The first-order valence-electron chi connectivity index (χ1n) is 9.92. The van der Waals surface area contributed by atoms with Gasteiger partial charge in [0.05, 0.1) is 9.83 Å². The third kappa shape index (κ3) is 6.38. The van der Waals surface area contributed by atoms with E-state index in [2.05, 4.69) is 5.32 Å². The monoisotopic (exact) mass is 471 g/mol. The number of carbonyl (C=O) groups excluding carboxylic acids is 2. The fraction of sp³-hybridized carbons (Fsp3) is 0.227. The normalized spacial score (nSPS) is 14.8. The summed E-state index contributed by atoms with van der Waals surface area (Å²) in [5.74, 6) is -0.184. The second-order valence-electron chi connectivity index (χ2n) is 7.09. The van der Waals surface area contributed by atoms with Crippen LogP contribution in [0.4, 0.5) is 11.4 Å². The van der Waals surface area contributed by atoms with Crippen LogP contribution in [0.5, 0.6) is 5.75 Å². The van der Waals surface area contributed by atoms with Crippen LogP contribution >= 0.6 is 24.0 Å². The Morgan fingerprint density at radius 1 is 1.19 bits per heavy atom. The molecular formula is C22H21N3O5S2. The SMILES string of the molecule is O=C(CCCCCN1C(=O)/C(=C/c2cccc([N+](=O)[O-])c2)SC1=S)Nc1ccc(O)cc1. The highest BCUT2D eigenvalue weighted by Crippen LogP contribution is 2.33. The quantitative estimate of drug-likeness (QED) is 0.136. The van der Waals surface area contributed by atoms with Gasteiger partial charge in [-0.05, 0) is 48.7 Å². The highest BCUT2D eigenvalue weighted by molar-refractivity contribution is 8.26. The summed E-state index contributed by atoms with van der Waals surface area (Å²) in [6.07, 6.45) is 4.08. The van der Waals surface area contributed by atoms with Gasteiger partial charge in [-0.3, -0.25) is 24.6 Å². The van der Waals surface area contributed by atoms with Gasteiger partial charge in [-0.2, -0.15) is 0 Å². The number of carbonyl (C=O) groups is 2. The number of thiocarbonyl (C=S) groups is 1. The van der Waals surface area contributed by atoms with Gasteiger partial charge in [0.2, 0.25) is 5.91 Å². The van der Waals surface area contributed by atoms with Crippen molar-refractivity contribution in [1.82, 2.24) is 4.90 Å². The van der Waals surface area contributed by atoms with Gasteiger partial charge in [0.15, 0.2) is 0 Å². The zero-order valence-electron chi connectivity index (χ0n) is 17.0. The summed E-state index contributed by atoms with van der Waals surface area (Å²) < 4.78 is 0.455. The van der Waals surface area contributed by atoms with Crippen molar-refractivity contribution in [3.63, 3.8) is 0 Å². The van der Waals surface area contributed by atoms with Crippen LogP contribution in [-0.2, 0) is 9.59 Å². The second kappa shape index (κ2) is 10.9. The van der Waals surface area contributed by atoms with E-state index in [-0.39, 0.29) is 23.3 Å². The molecule has 2 aromatic rings. The van der Waals surface area contributed by atoms with Gasteiger partial charge < -0.3 is 10.4 Å². The summed E-state index contributed by atoms with van der Waals surface area (Å²) in [6, 6.07) is 12.3. The van der Waals surface area contributed by atoms with E-state index in [9.17, 15) is 24.8 Å². The van der Waals surface area contributed by atoms with Gasteiger partial charge in [-0.25, -0.2) is 0 Å². The Hall–Kier alpha value is -3.24. The molecule has 1 heterocycles. The van der Waals surface area contributed by atoms with Gasteiger partial charge >= 0.3 is 0 Å². The van der Waals surface area contributed by atoms with Crippen LogP contribution in [0.2, 0.25) is 0 Å². The number of benzene rings is 2. The summed E-state index contributed by atoms with van der Waals surface area (Å²) in [4.78, 5) is 37.1. The first kappa shape index (κ1) is 23.4. The molecule has 1 aliphatic rings.